The fraction of sp³-hybridized carbons (Fsp3) is 0.455. The first-order valence-electron chi connectivity index (χ1n) is 5.40. The second-order valence-corrected chi connectivity index (χ2v) is 3.57. The molecule has 0 aliphatic heterocycles. The standard InChI is InChI=1S/C11H18N4O/c1-3-5-15(4-2)10-6-8(11(13)16)9(12)7-14-10/h6-7H,3-5,12H2,1-2H3,(H2,13,16). The van der Waals surface area contributed by atoms with Gasteiger partial charge in [-0.1, -0.05) is 6.92 Å². The van der Waals surface area contributed by atoms with Crippen molar-refractivity contribution in [2.45, 2.75) is 20.3 Å². The number of hydrogen-bond donors (Lipinski definition) is 2. The molecule has 1 heterocycles. The van der Waals surface area contributed by atoms with Crippen molar-refractivity contribution in [2.24, 2.45) is 5.73 Å². The van der Waals surface area contributed by atoms with Crippen molar-refractivity contribution in [2.75, 3.05) is 23.7 Å². The zero-order chi connectivity index (χ0) is 12.1. The van der Waals surface area contributed by atoms with Gasteiger partial charge < -0.3 is 16.4 Å². The Morgan fingerprint density at radius 2 is 2.19 bits per heavy atom. The molecule has 0 saturated carbocycles. The second-order valence-electron chi connectivity index (χ2n) is 3.57. The topological polar surface area (TPSA) is 85.2 Å². The zero-order valence-electron chi connectivity index (χ0n) is 9.73. The van der Waals surface area contributed by atoms with Crippen molar-refractivity contribution in [3.8, 4) is 0 Å². The van der Waals surface area contributed by atoms with E-state index in [2.05, 4.69) is 16.8 Å². The van der Waals surface area contributed by atoms with E-state index < -0.39 is 5.91 Å². The summed E-state index contributed by atoms with van der Waals surface area (Å²) >= 11 is 0. The predicted molar refractivity (Wildman–Crippen MR) is 65.3 cm³/mol. The molecule has 0 radical (unpaired) electrons. The van der Waals surface area contributed by atoms with E-state index in [0.717, 1.165) is 25.3 Å². The fourth-order valence-electron chi connectivity index (χ4n) is 1.55. The minimum atomic E-state index is -0.520. The van der Waals surface area contributed by atoms with E-state index in [4.69, 9.17) is 11.5 Å². The molecule has 0 unspecified atom stereocenters. The average molecular weight is 222 g/mol. The Morgan fingerprint density at radius 1 is 1.50 bits per heavy atom. The van der Waals surface area contributed by atoms with Gasteiger partial charge in [-0.15, -0.1) is 0 Å². The summed E-state index contributed by atoms with van der Waals surface area (Å²) in [6.07, 6.45) is 2.50. The molecule has 0 spiro atoms. The van der Waals surface area contributed by atoms with Gasteiger partial charge in [0.2, 0.25) is 0 Å². The number of carbonyl (C=O) groups excluding carboxylic acids is 1. The first-order chi connectivity index (χ1) is 7.60. The van der Waals surface area contributed by atoms with Crippen LogP contribution in [0.1, 0.15) is 30.6 Å². The molecular weight excluding hydrogens is 204 g/mol. The summed E-state index contributed by atoms with van der Waals surface area (Å²) in [5, 5.41) is 0. The zero-order valence-corrected chi connectivity index (χ0v) is 9.73. The summed E-state index contributed by atoms with van der Waals surface area (Å²) in [5.41, 5.74) is 11.5. The van der Waals surface area contributed by atoms with Crippen LogP contribution in [-0.4, -0.2) is 24.0 Å². The summed E-state index contributed by atoms with van der Waals surface area (Å²) in [6, 6.07) is 1.65. The van der Waals surface area contributed by atoms with Crippen LogP contribution in [0, 0.1) is 0 Å². The minimum absolute atomic E-state index is 0.323. The van der Waals surface area contributed by atoms with Gasteiger partial charge in [0.25, 0.3) is 5.91 Å². The molecule has 1 rings (SSSR count). The second kappa shape index (κ2) is 5.34. The van der Waals surface area contributed by atoms with E-state index in [1.165, 1.54) is 6.20 Å². The highest BCUT2D eigenvalue weighted by Crippen LogP contribution is 2.17. The van der Waals surface area contributed by atoms with E-state index in [-0.39, 0.29) is 0 Å². The lowest BCUT2D eigenvalue weighted by Gasteiger charge is -2.21. The number of nitrogens with two attached hydrogens (primary N) is 2. The van der Waals surface area contributed by atoms with Gasteiger partial charge in [-0.25, -0.2) is 4.98 Å². The van der Waals surface area contributed by atoms with Crippen molar-refractivity contribution in [3.05, 3.63) is 17.8 Å². The monoisotopic (exact) mass is 222 g/mol. The number of amides is 1. The van der Waals surface area contributed by atoms with E-state index in [0.29, 0.717) is 11.3 Å². The number of hydrogen-bond acceptors (Lipinski definition) is 4. The molecule has 5 nitrogen and oxygen atoms in total. The summed E-state index contributed by atoms with van der Waals surface area (Å²) in [7, 11) is 0. The molecule has 0 atom stereocenters. The minimum Gasteiger partial charge on any atom is -0.397 e. The van der Waals surface area contributed by atoms with E-state index in [1.807, 2.05) is 6.92 Å². The average Bonchev–Trinajstić information content (AvgIpc) is 2.26. The first-order valence-corrected chi connectivity index (χ1v) is 5.40. The van der Waals surface area contributed by atoms with Gasteiger partial charge in [-0.2, -0.15) is 0 Å². The summed E-state index contributed by atoms with van der Waals surface area (Å²) in [6.45, 7) is 5.86. The van der Waals surface area contributed by atoms with Crippen molar-refractivity contribution in [1.29, 1.82) is 0 Å². The molecule has 0 fully saturated rings. The number of carbonyl (C=O) groups is 1. The maximum Gasteiger partial charge on any atom is 0.250 e. The highest BCUT2D eigenvalue weighted by atomic mass is 16.1. The fourth-order valence-corrected chi connectivity index (χ4v) is 1.55. The van der Waals surface area contributed by atoms with Gasteiger partial charge >= 0.3 is 0 Å². The summed E-state index contributed by atoms with van der Waals surface area (Å²) in [4.78, 5) is 17.4. The molecule has 1 aromatic rings. The van der Waals surface area contributed by atoms with Gasteiger partial charge in [-0.05, 0) is 19.4 Å². The van der Waals surface area contributed by atoms with Crippen molar-refractivity contribution < 1.29 is 4.79 Å². The Bertz CT molecular complexity index is 378. The van der Waals surface area contributed by atoms with Gasteiger partial charge in [-0.3, -0.25) is 4.79 Å². The Labute approximate surface area is 95.4 Å². The lowest BCUT2D eigenvalue weighted by molar-refractivity contribution is 0.100. The Kier molecular flexibility index (Phi) is 4.10. The SMILES string of the molecule is CCCN(CC)c1cc(C(N)=O)c(N)cn1. The van der Waals surface area contributed by atoms with Crippen molar-refractivity contribution in [3.63, 3.8) is 0 Å². The lowest BCUT2D eigenvalue weighted by atomic mass is 10.2. The molecule has 0 aliphatic rings. The molecule has 0 saturated heterocycles. The number of pyridine rings is 1. The van der Waals surface area contributed by atoms with Crippen LogP contribution in [0.15, 0.2) is 12.3 Å². The molecule has 5 heteroatoms. The number of nitrogens with zero attached hydrogens (tertiary/aromatic N) is 2. The highest BCUT2D eigenvalue weighted by Gasteiger charge is 2.11. The van der Waals surface area contributed by atoms with Crippen LogP contribution in [0.25, 0.3) is 0 Å². The van der Waals surface area contributed by atoms with Crippen molar-refractivity contribution >= 4 is 17.4 Å². The smallest absolute Gasteiger partial charge is 0.250 e. The summed E-state index contributed by atoms with van der Waals surface area (Å²) in [5.74, 6) is 0.223. The molecule has 0 bridgehead atoms. The third-order valence-corrected chi connectivity index (χ3v) is 2.39. The van der Waals surface area contributed by atoms with Crippen molar-refractivity contribution in [1.82, 2.24) is 4.98 Å². The number of rotatable bonds is 5. The van der Waals surface area contributed by atoms with Crippen LogP contribution in [0.5, 0.6) is 0 Å². The number of nitrogen functional groups attached to an aromatic ring is 1. The lowest BCUT2D eigenvalue weighted by Crippen LogP contribution is -2.25. The van der Waals surface area contributed by atoms with Gasteiger partial charge in [0.1, 0.15) is 5.82 Å². The third kappa shape index (κ3) is 2.62. The maximum absolute atomic E-state index is 11.1. The van der Waals surface area contributed by atoms with Gasteiger partial charge in [0.15, 0.2) is 0 Å². The molecule has 4 N–H and O–H groups in total. The van der Waals surface area contributed by atoms with Gasteiger partial charge in [0.05, 0.1) is 17.4 Å². The van der Waals surface area contributed by atoms with Crippen LogP contribution >= 0.6 is 0 Å². The predicted octanol–water partition coefficient (Wildman–Crippen LogP) is 0.999. The molecule has 88 valence electrons. The highest BCUT2D eigenvalue weighted by molar-refractivity contribution is 5.98. The largest absolute Gasteiger partial charge is 0.397 e. The van der Waals surface area contributed by atoms with E-state index in [9.17, 15) is 4.79 Å². The number of anilines is 2. The Morgan fingerprint density at radius 3 is 2.69 bits per heavy atom. The maximum atomic E-state index is 11.1. The molecule has 0 aliphatic carbocycles. The quantitative estimate of drug-likeness (QED) is 0.778. The van der Waals surface area contributed by atoms with Gasteiger partial charge in [0, 0.05) is 13.1 Å². The Balaban J connectivity index is 3.05. The Hall–Kier alpha value is -1.78. The van der Waals surface area contributed by atoms with E-state index >= 15 is 0 Å². The molecule has 16 heavy (non-hydrogen) atoms. The van der Waals surface area contributed by atoms with Crippen LogP contribution in [-0.2, 0) is 0 Å². The molecular formula is C11H18N4O. The first kappa shape index (κ1) is 12.3. The summed E-state index contributed by atoms with van der Waals surface area (Å²) < 4.78 is 0. The van der Waals surface area contributed by atoms with Crippen LogP contribution in [0.2, 0.25) is 0 Å². The van der Waals surface area contributed by atoms with Crippen LogP contribution < -0.4 is 16.4 Å². The normalized spacial score (nSPS) is 10.1. The molecule has 0 aromatic carbocycles. The molecule has 1 amide bonds. The number of aromatic nitrogens is 1. The van der Waals surface area contributed by atoms with E-state index in [1.54, 1.807) is 6.07 Å². The molecule has 1 aromatic heterocycles. The number of primary amides is 1. The third-order valence-electron chi connectivity index (χ3n) is 2.39. The van der Waals surface area contributed by atoms with Crippen LogP contribution in [0.3, 0.4) is 0 Å². The van der Waals surface area contributed by atoms with Crippen LogP contribution in [0.4, 0.5) is 11.5 Å².